The highest BCUT2D eigenvalue weighted by Crippen LogP contribution is 2.44. The van der Waals surface area contributed by atoms with Crippen LogP contribution in [0.5, 0.6) is 0 Å². The Labute approximate surface area is 194 Å². The third kappa shape index (κ3) is 4.38. The summed E-state index contributed by atoms with van der Waals surface area (Å²) in [6.07, 6.45) is 4.40. The Morgan fingerprint density at radius 1 is 1.27 bits per heavy atom. The van der Waals surface area contributed by atoms with Crippen molar-refractivity contribution in [3.8, 4) is 6.07 Å². The number of pyridine rings is 1. The Morgan fingerprint density at radius 2 is 2.00 bits per heavy atom. The van der Waals surface area contributed by atoms with Gasteiger partial charge in [-0.25, -0.2) is 14.1 Å². The van der Waals surface area contributed by atoms with Crippen LogP contribution in [0.25, 0.3) is 0 Å². The molecule has 1 heterocycles. The van der Waals surface area contributed by atoms with Crippen LogP contribution in [0, 0.1) is 11.3 Å². The van der Waals surface area contributed by atoms with E-state index in [1.165, 1.54) is 18.2 Å². The fourth-order valence-electron chi connectivity index (χ4n) is 4.62. The molecule has 0 radical (unpaired) electrons. The number of aliphatic hydroxyl groups is 1. The monoisotopic (exact) mass is 467 g/mol. The lowest BCUT2D eigenvalue weighted by atomic mass is 9.90. The quantitative estimate of drug-likeness (QED) is 0.629. The average molecular weight is 468 g/mol. The molecule has 1 atom stereocenters. The standard InChI is InChI=1S/C24H29N5O3S/c1-23(2)9-8-18-20(17-6-5-7-19(17)27-21(18)23)28-22(30)29-33(26,32)16-11-14(13-25)10-15(12-16)24(3,4)31/h10-12,31H,5-9H2,1-4H3,(H3,26,27,28,29,30,32)/t33-/m1/s1. The van der Waals surface area contributed by atoms with Gasteiger partial charge in [-0.3, -0.25) is 4.98 Å². The van der Waals surface area contributed by atoms with Gasteiger partial charge in [0.25, 0.3) is 0 Å². The van der Waals surface area contributed by atoms with Gasteiger partial charge >= 0.3 is 6.03 Å². The number of hydrogen-bond donors (Lipinski definition) is 3. The first kappa shape index (κ1) is 23.4. The Hall–Kier alpha value is -2.80. The molecule has 8 nitrogen and oxygen atoms in total. The van der Waals surface area contributed by atoms with Gasteiger partial charge < -0.3 is 10.4 Å². The smallest absolute Gasteiger partial charge is 0.354 e. The second kappa shape index (κ2) is 7.90. The molecule has 2 aliphatic rings. The number of carbonyl (C=O) groups is 1. The summed E-state index contributed by atoms with van der Waals surface area (Å²) in [5.41, 5.74) is 3.94. The number of rotatable bonds is 3. The third-order valence-electron chi connectivity index (χ3n) is 6.50. The highest BCUT2D eigenvalue weighted by atomic mass is 32.2. The molecule has 0 aliphatic heterocycles. The second-order valence-corrected chi connectivity index (χ2v) is 11.8. The number of carbonyl (C=O) groups excluding carboxylic acids is 1. The minimum Gasteiger partial charge on any atom is -0.386 e. The lowest BCUT2D eigenvalue weighted by Gasteiger charge is -2.20. The van der Waals surface area contributed by atoms with Crippen LogP contribution in [-0.2, 0) is 40.2 Å². The lowest BCUT2D eigenvalue weighted by Crippen LogP contribution is -2.21. The van der Waals surface area contributed by atoms with E-state index in [1.807, 2.05) is 6.07 Å². The Morgan fingerprint density at radius 3 is 2.67 bits per heavy atom. The van der Waals surface area contributed by atoms with Crippen molar-refractivity contribution in [1.29, 1.82) is 5.26 Å². The molecule has 0 unspecified atom stereocenters. The number of nitriles is 1. The number of aromatic nitrogens is 1. The molecule has 0 spiro atoms. The van der Waals surface area contributed by atoms with Crippen LogP contribution in [0.15, 0.2) is 27.5 Å². The van der Waals surface area contributed by atoms with Crippen LogP contribution in [0.4, 0.5) is 10.5 Å². The van der Waals surface area contributed by atoms with Gasteiger partial charge in [0.1, 0.15) is 9.92 Å². The van der Waals surface area contributed by atoms with Gasteiger partial charge in [-0.2, -0.15) is 5.26 Å². The van der Waals surface area contributed by atoms with E-state index < -0.39 is 21.5 Å². The lowest BCUT2D eigenvalue weighted by molar-refractivity contribution is 0.0783. The minimum atomic E-state index is -3.66. The zero-order valence-corrected chi connectivity index (χ0v) is 20.2. The van der Waals surface area contributed by atoms with E-state index in [0.29, 0.717) is 5.56 Å². The normalized spacial score (nSPS) is 18.1. The molecule has 0 saturated carbocycles. The Balaban J connectivity index is 1.74. The highest BCUT2D eigenvalue weighted by Gasteiger charge is 2.36. The van der Waals surface area contributed by atoms with E-state index in [1.54, 1.807) is 13.8 Å². The number of nitrogens with zero attached hydrogens (tertiary/aromatic N) is 3. The predicted octanol–water partition coefficient (Wildman–Crippen LogP) is 3.83. The van der Waals surface area contributed by atoms with Crippen molar-refractivity contribution in [2.45, 2.75) is 75.7 Å². The molecule has 2 amide bonds. The van der Waals surface area contributed by atoms with Gasteiger partial charge in [0.05, 0.1) is 33.5 Å². The van der Waals surface area contributed by atoms with Crippen LogP contribution >= 0.6 is 0 Å². The SMILES string of the molecule is CC(C)(O)c1cc(C#N)cc([S@](N)(=O)=NC(=O)Nc2c3c(nc4c2CCC4(C)C)CCC3)c1. The molecular weight excluding hydrogens is 438 g/mol. The molecule has 2 aliphatic carbocycles. The number of nitrogens with one attached hydrogen (secondary N) is 1. The molecule has 0 bridgehead atoms. The Kier molecular flexibility index (Phi) is 5.60. The number of benzene rings is 1. The van der Waals surface area contributed by atoms with Crippen molar-refractivity contribution in [2.24, 2.45) is 9.50 Å². The number of nitrogens with two attached hydrogens (primary N) is 1. The van der Waals surface area contributed by atoms with Crippen molar-refractivity contribution in [3.63, 3.8) is 0 Å². The zero-order valence-electron chi connectivity index (χ0n) is 19.4. The van der Waals surface area contributed by atoms with Crippen LogP contribution in [-0.4, -0.2) is 20.3 Å². The maximum Gasteiger partial charge on any atom is 0.354 e. The largest absolute Gasteiger partial charge is 0.386 e. The van der Waals surface area contributed by atoms with Crippen molar-refractivity contribution >= 4 is 21.6 Å². The van der Waals surface area contributed by atoms with Crippen molar-refractivity contribution in [2.75, 3.05) is 5.32 Å². The third-order valence-corrected chi connectivity index (χ3v) is 7.84. The highest BCUT2D eigenvalue weighted by molar-refractivity contribution is 7.91. The molecule has 1 aromatic heterocycles. The summed E-state index contributed by atoms with van der Waals surface area (Å²) in [7, 11) is -3.66. The first-order chi connectivity index (χ1) is 15.3. The van der Waals surface area contributed by atoms with Crippen LogP contribution in [0.1, 0.15) is 74.2 Å². The molecule has 4 N–H and O–H groups in total. The summed E-state index contributed by atoms with van der Waals surface area (Å²) in [6.45, 7) is 7.39. The van der Waals surface area contributed by atoms with Crippen molar-refractivity contribution in [1.82, 2.24) is 4.98 Å². The Bertz CT molecular complexity index is 1330. The predicted molar refractivity (Wildman–Crippen MR) is 126 cm³/mol. The molecule has 9 heteroatoms. The van der Waals surface area contributed by atoms with E-state index in [4.69, 9.17) is 10.1 Å². The summed E-state index contributed by atoms with van der Waals surface area (Å²) in [5, 5.41) is 28.5. The fourth-order valence-corrected chi connectivity index (χ4v) is 5.61. The number of aryl methyl sites for hydroxylation is 1. The molecule has 4 rings (SSSR count). The van der Waals surface area contributed by atoms with Crippen LogP contribution in [0.3, 0.4) is 0 Å². The number of anilines is 1. The summed E-state index contributed by atoms with van der Waals surface area (Å²) >= 11 is 0. The number of amides is 2. The summed E-state index contributed by atoms with van der Waals surface area (Å²) in [4.78, 5) is 17.9. The van der Waals surface area contributed by atoms with Gasteiger partial charge in [-0.05, 0) is 80.8 Å². The molecule has 33 heavy (non-hydrogen) atoms. The molecular formula is C24H29N5O3S. The maximum absolute atomic E-state index is 13.3. The topological polar surface area (TPSA) is 141 Å². The van der Waals surface area contributed by atoms with E-state index in [2.05, 4.69) is 23.5 Å². The number of hydrogen-bond acceptors (Lipinski definition) is 5. The minimum absolute atomic E-state index is 0.0140. The van der Waals surface area contributed by atoms with E-state index >= 15 is 0 Å². The molecule has 0 fully saturated rings. The van der Waals surface area contributed by atoms with Gasteiger partial charge in [-0.1, -0.05) is 13.8 Å². The second-order valence-electron chi connectivity index (χ2n) is 9.98. The summed E-state index contributed by atoms with van der Waals surface area (Å²) in [5.74, 6) is 0. The molecule has 2 aromatic rings. The van der Waals surface area contributed by atoms with Crippen LogP contribution in [0.2, 0.25) is 0 Å². The number of fused-ring (bicyclic) bond motifs is 2. The van der Waals surface area contributed by atoms with E-state index in [9.17, 15) is 19.4 Å². The zero-order chi connectivity index (χ0) is 24.2. The van der Waals surface area contributed by atoms with Crippen molar-refractivity contribution < 1.29 is 14.1 Å². The molecule has 1 aromatic carbocycles. The first-order valence-corrected chi connectivity index (χ1v) is 12.6. The van der Waals surface area contributed by atoms with Gasteiger partial charge in [0.15, 0.2) is 0 Å². The van der Waals surface area contributed by atoms with Gasteiger partial charge in [-0.15, -0.1) is 4.36 Å². The number of urea groups is 1. The van der Waals surface area contributed by atoms with Crippen LogP contribution < -0.4 is 10.5 Å². The van der Waals surface area contributed by atoms with Crippen molar-refractivity contribution in [3.05, 3.63) is 51.8 Å². The van der Waals surface area contributed by atoms with Gasteiger partial charge in [0.2, 0.25) is 0 Å². The van der Waals surface area contributed by atoms with E-state index in [-0.39, 0.29) is 15.9 Å². The fraction of sp³-hybridized carbons (Fsp3) is 0.458. The first-order valence-electron chi connectivity index (χ1n) is 11.0. The average Bonchev–Trinajstić information content (AvgIpc) is 3.31. The summed E-state index contributed by atoms with van der Waals surface area (Å²) < 4.78 is 17.1. The van der Waals surface area contributed by atoms with E-state index in [0.717, 1.165) is 60.3 Å². The summed E-state index contributed by atoms with van der Waals surface area (Å²) in [6, 6.07) is 5.41. The van der Waals surface area contributed by atoms with Gasteiger partial charge in [0, 0.05) is 11.1 Å². The maximum atomic E-state index is 13.3. The molecule has 0 saturated heterocycles. The molecule has 174 valence electrons.